The normalized spacial score (nSPS) is 29.4. The standard InChI is InChI=1S/C16H22N2O2/c1-17(2)16(19)14-8-13-10-18(11-15(14)20-13)9-12-6-4-3-5-7-12/h3-7,13-15H,8-11H2,1-2H3. The van der Waals surface area contributed by atoms with E-state index in [1.54, 1.807) is 4.90 Å². The van der Waals surface area contributed by atoms with E-state index in [1.807, 2.05) is 20.2 Å². The highest BCUT2D eigenvalue weighted by atomic mass is 16.5. The molecule has 4 heteroatoms. The molecule has 1 aromatic carbocycles. The van der Waals surface area contributed by atoms with Crippen LogP contribution < -0.4 is 0 Å². The molecule has 0 aliphatic carbocycles. The first-order chi connectivity index (χ1) is 9.63. The summed E-state index contributed by atoms with van der Waals surface area (Å²) in [5.41, 5.74) is 1.32. The molecule has 2 bridgehead atoms. The van der Waals surface area contributed by atoms with Crippen molar-refractivity contribution in [3.63, 3.8) is 0 Å². The highest BCUT2D eigenvalue weighted by molar-refractivity contribution is 5.79. The smallest absolute Gasteiger partial charge is 0.227 e. The molecule has 0 spiro atoms. The van der Waals surface area contributed by atoms with Crippen molar-refractivity contribution in [2.24, 2.45) is 5.92 Å². The number of benzene rings is 1. The monoisotopic (exact) mass is 274 g/mol. The second-order valence-electron chi connectivity index (χ2n) is 6.05. The van der Waals surface area contributed by atoms with Crippen LogP contribution in [0, 0.1) is 5.92 Å². The summed E-state index contributed by atoms with van der Waals surface area (Å²) in [7, 11) is 3.65. The SMILES string of the molecule is CN(C)C(=O)C1CC2CN(Cc3ccccc3)CC1O2. The van der Waals surface area contributed by atoms with Crippen LogP contribution in [0.3, 0.4) is 0 Å². The molecule has 3 atom stereocenters. The Bertz CT molecular complexity index is 475. The summed E-state index contributed by atoms with van der Waals surface area (Å²) in [5.74, 6) is 0.245. The van der Waals surface area contributed by atoms with Gasteiger partial charge in [0, 0.05) is 33.7 Å². The minimum atomic E-state index is 0.0378. The number of hydrogen-bond donors (Lipinski definition) is 0. The molecular weight excluding hydrogens is 252 g/mol. The van der Waals surface area contributed by atoms with Crippen molar-refractivity contribution in [1.82, 2.24) is 9.80 Å². The van der Waals surface area contributed by atoms with Crippen LogP contribution in [-0.2, 0) is 16.1 Å². The van der Waals surface area contributed by atoms with Gasteiger partial charge in [0.25, 0.3) is 0 Å². The van der Waals surface area contributed by atoms with Crippen molar-refractivity contribution in [3.05, 3.63) is 35.9 Å². The predicted molar refractivity (Wildman–Crippen MR) is 77.2 cm³/mol. The molecule has 2 saturated heterocycles. The first-order valence-electron chi connectivity index (χ1n) is 7.26. The van der Waals surface area contributed by atoms with Crippen LogP contribution in [0.2, 0.25) is 0 Å². The molecule has 108 valence electrons. The van der Waals surface area contributed by atoms with Crippen molar-refractivity contribution in [2.75, 3.05) is 27.2 Å². The van der Waals surface area contributed by atoms with E-state index < -0.39 is 0 Å². The third-order valence-corrected chi connectivity index (χ3v) is 4.24. The number of fused-ring (bicyclic) bond motifs is 2. The van der Waals surface area contributed by atoms with Crippen molar-refractivity contribution in [2.45, 2.75) is 25.2 Å². The second-order valence-corrected chi connectivity index (χ2v) is 6.05. The van der Waals surface area contributed by atoms with E-state index in [0.29, 0.717) is 0 Å². The highest BCUT2D eigenvalue weighted by Crippen LogP contribution is 2.33. The lowest BCUT2D eigenvalue weighted by atomic mass is 9.99. The molecule has 2 fully saturated rings. The van der Waals surface area contributed by atoms with Gasteiger partial charge in [0.05, 0.1) is 18.1 Å². The first kappa shape index (κ1) is 13.6. The Morgan fingerprint density at radius 1 is 1.30 bits per heavy atom. The molecule has 2 aliphatic rings. The lowest BCUT2D eigenvalue weighted by molar-refractivity contribution is -0.136. The zero-order chi connectivity index (χ0) is 14.1. The van der Waals surface area contributed by atoms with Gasteiger partial charge in [-0.15, -0.1) is 0 Å². The van der Waals surface area contributed by atoms with Crippen molar-refractivity contribution >= 4 is 5.91 Å². The van der Waals surface area contributed by atoms with Crippen LogP contribution in [0.4, 0.5) is 0 Å². The number of likely N-dealkylation sites (tertiary alicyclic amines) is 1. The lowest BCUT2D eigenvalue weighted by Gasteiger charge is -2.33. The topological polar surface area (TPSA) is 32.8 Å². The summed E-state index contributed by atoms with van der Waals surface area (Å²) in [5, 5.41) is 0. The van der Waals surface area contributed by atoms with E-state index in [0.717, 1.165) is 26.1 Å². The van der Waals surface area contributed by atoms with E-state index in [9.17, 15) is 4.79 Å². The maximum absolute atomic E-state index is 12.2. The predicted octanol–water partition coefficient (Wildman–Crippen LogP) is 1.36. The van der Waals surface area contributed by atoms with Gasteiger partial charge in [-0.05, 0) is 12.0 Å². The third kappa shape index (κ3) is 2.72. The minimum Gasteiger partial charge on any atom is -0.371 e. The fourth-order valence-electron chi connectivity index (χ4n) is 3.30. The molecule has 3 rings (SSSR count). The van der Waals surface area contributed by atoms with Crippen LogP contribution in [0.1, 0.15) is 12.0 Å². The van der Waals surface area contributed by atoms with E-state index in [2.05, 4.69) is 29.2 Å². The number of hydrogen-bond acceptors (Lipinski definition) is 3. The molecule has 0 N–H and O–H groups in total. The summed E-state index contributed by atoms with van der Waals surface area (Å²) >= 11 is 0. The first-order valence-corrected chi connectivity index (χ1v) is 7.26. The van der Waals surface area contributed by atoms with E-state index in [-0.39, 0.29) is 24.0 Å². The Morgan fingerprint density at radius 3 is 2.75 bits per heavy atom. The van der Waals surface area contributed by atoms with Crippen LogP contribution in [0.5, 0.6) is 0 Å². The average molecular weight is 274 g/mol. The van der Waals surface area contributed by atoms with E-state index in [1.165, 1.54) is 5.56 Å². The zero-order valence-electron chi connectivity index (χ0n) is 12.2. The minimum absolute atomic E-state index is 0.0378. The molecule has 2 heterocycles. The fourth-order valence-corrected chi connectivity index (χ4v) is 3.30. The fraction of sp³-hybridized carbons (Fsp3) is 0.562. The van der Waals surface area contributed by atoms with Crippen LogP contribution >= 0.6 is 0 Å². The van der Waals surface area contributed by atoms with Crippen LogP contribution in [-0.4, -0.2) is 55.1 Å². The third-order valence-electron chi connectivity index (χ3n) is 4.24. The number of rotatable bonds is 3. The van der Waals surface area contributed by atoms with E-state index >= 15 is 0 Å². The van der Waals surface area contributed by atoms with Crippen molar-refractivity contribution in [1.29, 1.82) is 0 Å². The van der Waals surface area contributed by atoms with Crippen LogP contribution in [0.15, 0.2) is 30.3 Å². The summed E-state index contributed by atoms with van der Waals surface area (Å²) in [4.78, 5) is 16.3. The van der Waals surface area contributed by atoms with Gasteiger partial charge in [-0.1, -0.05) is 30.3 Å². The Labute approximate surface area is 120 Å². The van der Waals surface area contributed by atoms with E-state index in [4.69, 9.17) is 4.74 Å². The van der Waals surface area contributed by atoms with Crippen molar-refractivity contribution < 1.29 is 9.53 Å². The quantitative estimate of drug-likeness (QED) is 0.834. The number of carbonyl (C=O) groups is 1. The molecular formula is C16H22N2O2. The summed E-state index contributed by atoms with van der Waals surface area (Å²) < 4.78 is 5.96. The largest absolute Gasteiger partial charge is 0.371 e. The van der Waals surface area contributed by atoms with Crippen molar-refractivity contribution in [3.8, 4) is 0 Å². The summed E-state index contributed by atoms with van der Waals surface area (Å²) in [6.45, 7) is 2.73. The molecule has 1 amide bonds. The number of carbonyl (C=O) groups excluding carboxylic acids is 1. The second kappa shape index (κ2) is 5.54. The molecule has 0 aromatic heterocycles. The van der Waals surface area contributed by atoms with Gasteiger partial charge in [-0.25, -0.2) is 0 Å². The van der Waals surface area contributed by atoms with Gasteiger partial charge in [-0.2, -0.15) is 0 Å². The molecule has 4 nitrogen and oxygen atoms in total. The van der Waals surface area contributed by atoms with Gasteiger partial charge in [0.15, 0.2) is 0 Å². The number of ether oxygens (including phenoxy) is 1. The Morgan fingerprint density at radius 2 is 2.05 bits per heavy atom. The summed E-state index contributed by atoms with van der Waals surface area (Å²) in [6, 6.07) is 10.5. The molecule has 3 unspecified atom stereocenters. The number of morpholine rings is 1. The molecule has 0 radical (unpaired) electrons. The Balaban J connectivity index is 1.65. The highest BCUT2D eigenvalue weighted by Gasteiger charge is 2.44. The summed E-state index contributed by atoms with van der Waals surface area (Å²) in [6.07, 6.45) is 1.14. The Hall–Kier alpha value is -1.39. The molecule has 1 aromatic rings. The molecule has 0 saturated carbocycles. The Kier molecular flexibility index (Phi) is 3.76. The average Bonchev–Trinajstić information content (AvgIpc) is 2.74. The number of amides is 1. The van der Waals surface area contributed by atoms with Gasteiger partial charge >= 0.3 is 0 Å². The van der Waals surface area contributed by atoms with Crippen LogP contribution in [0.25, 0.3) is 0 Å². The van der Waals surface area contributed by atoms with Gasteiger partial charge in [0.1, 0.15) is 0 Å². The molecule has 20 heavy (non-hydrogen) atoms. The zero-order valence-corrected chi connectivity index (χ0v) is 12.2. The maximum Gasteiger partial charge on any atom is 0.227 e. The maximum atomic E-state index is 12.2. The molecule has 2 aliphatic heterocycles. The van der Waals surface area contributed by atoms with Gasteiger partial charge < -0.3 is 9.64 Å². The number of nitrogens with zero attached hydrogens (tertiary/aromatic N) is 2. The lowest BCUT2D eigenvalue weighted by Crippen LogP contribution is -2.44. The van der Waals surface area contributed by atoms with Gasteiger partial charge in [-0.3, -0.25) is 9.69 Å². The van der Waals surface area contributed by atoms with Gasteiger partial charge in [0.2, 0.25) is 5.91 Å².